The number of rotatable bonds is 5. The molecule has 2 amide bonds. The van der Waals surface area contributed by atoms with Crippen molar-refractivity contribution in [3.63, 3.8) is 0 Å². The van der Waals surface area contributed by atoms with Gasteiger partial charge in [-0.25, -0.2) is 13.6 Å². The van der Waals surface area contributed by atoms with Crippen LogP contribution in [0.3, 0.4) is 0 Å². The summed E-state index contributed by atoms with van der Waals surface area (Å²) in [5.41, 5.74) is -0.551. The van der Waals surface area contributed by atoms with Gasteiger partial charge in [-0.2, -0.15) is 0 Å². The van der Waals surface area contributed by atoms with Gasteiger partial charge in [-0.1, -0.05) is 6.07 Å². The first-order chi connectivity index (χ1) is 13.6. The first kappa shape index (κ1) is 21.9. The molecule has 0 heterocycles. The van der Waals surface area contributed by atoms with Crippen LogP contribution in [0.25, 0.3) is 6.08 Å². The minimum absolute atomic E-state index is 0.221. The standard InChI is InChI=1S/C21H22F2N2O4/c1-21(2,3)29-20(27)25-17-10-8-13(28-4)12-18(17)24-19(26)11-9-14-15(22)6-5-7-16(14)23/h5-12H,1-4H3,(H,24,26)(H,25,27). The zero-order valence-electron chi connectivity index (χ0n) is 16.5. The molecule has 0 spiro atoms. The second-order valence-electron chi connectivity index (χ2n) is 7.00. The molecule has 2 N–H and O–H groups in total. The highest BCUT2D eigenvalue weighted by Crippen LogP contribution is 2.28. The summed E-state index contributed by atoms with van der Waals surface area (Å²) in [7, 11) is 1.45. The first-order valence-electron chi connectivity index (χ1n) is 8.70. The maximum Gasteiger partial charge on any atom is 0.412 e. The summed E-state index contributed by atoms with van der Waals surface area (Å²) in [6.45, 7) is 5.15. The predicted octanol–water partition coefficient (Wildman–Crippen LogP) is 4.97. The number of carbonyl (C=O) groups excluding carboxylic acids is 2. The summed E-state index contributed by atoms with van der Waals surface area (Å²) in [5, 5.41) is 5.08. The van der Waals surface area contributed by atoms with Crippen LogP contribution < -0.4 is 15.4 Å². The van der Waals surface area contributed by atoms with Crippen molar-refractivity contribution in [2.45, 2.75) is 26.4 Å². The summed E-state index contributed by atoms with van der Waals surface area (Å²) < 4.78 is 37.7. The fraction of sp³-hybridized carbons (Fsp3) is 0.238. The maximum atomic E-state index is 13.7. The monoisotopic (exact) mass is 404 g/mol. The highest BCUT2D eigenvalue weighted by molar-refractivity contribution is 6.05. The van der Waals surface area contributed by atoms with Gasteiger partial charge < -0.3 is 14.8 Å². The Morgan fingerprint density at radius 2 is 1.66 bits per heavy atom. The van der Waals surface area contributed by atoms with Crippen molar-refractivity contribution in [2.75, 3.05) is 17.7 Å². The van der Waals surface area contributed by atoms with E-state index < -0.39 is 29.2 Å². The van der Waals surface area contributed by atoms with Gasteiger partial charge in [0.05, 0.1) is 18.5 Å². The molecule has 0 fully saturated rings. The van der Waals surface area contributed by atoms with Gasteiger partial charge in [-0.15, -0.1) is 0 Å². The van der Waals surface area contributed by atoms with E-state index in [2.05, 4.69) is 10.6 Å². The van der Waals surface area contributed by atoms with Crippen molar-refractivity contribution < 1.29 is 27.8 Å². The molecule has 0 saturated heterocycles. The summed E-state index contributed by atoms with van der Waals surface area (Å²) in [6, 6.07) is 8.01. The molecule has 0 aliphatic heterocycles. The Morgan fingerprint density at radius 3 is 2.24 bits per heavy atom. The van der Waals surface area contributed by atoms with Crippen molar-refractivity contribution in [1.82, 2.24) is 0 Å². The fourth-order valence-electron chi connectivity index (χ4n) is 2.28. The largest absolute Gasteiger partial charge is 0.497 e. The van der Waals surface area contributed by atoms with Crippen LogP contribution in [0.2, 0.25) is 0 Å². The minimum atomic E-state index is -0.789. The topological polar surface area (TPSA) is 76.7 Å². The van der Waals surface area contributed by atoms with Crippen LogP contribution in [-0.4, -0.2) is 24.7 Å². The van der Waals surface area contributed by atoms with E-state index in [0.717, 1.165) is 24.3 Å². The number of methoxy groups -OCH3 is 1. The van der Waals surface area contributed by atoms with Gasteiger partial charge in [0.2, 0.25) is 5.91 Å². The molecule has 154 valence electrons. The molecule has 0 aliphatic carbocycles. The third kappa shape index (κ3) is 6.60. The molecule has 2 aromatic rings. The molecule has 0 atom stereocenters. The van der Waals surface area contributed by atoms with E-state index in [1.807, 2.05) is 0 Å². The number of carbonyl (C=O) groups is 2. The smallest absolute Gasteiger partial charge is 0.412 e. The summed E-state index contributed by atoms with van der Waals surface area (Å²) >= 11 is 0. The lowest BCUT2D eigenvalue weighted by molar-refractivity contribution is -0.111. The minimum Gasteiger partial charge on any atom is -0.497 e. The van der Waals surface area contributed by atoms with Crippen LogP contribution in [0.1, 0.15) is 26.3 Å². The SMILES string of the molecule is COc1ccc(NC(=O)OC(C)(C)C)c(NC(=O)C=Cc2c(F)cccc2F)c1. The van der Waals surface area contributed by atoms with Gasteiger partial charge >= 0.3 is 6.09 Å². The van der Waals surface area contributed by atoms with Crippen molar-refractivity contribution in [3.8, 4) is 5.75 Å². The molecule has 2 aromatic carbocycles. The first-order valence-corrected chi connectivity index (χ1v) is 8.70. The highest BCUT2D eigenvalue weighted by Gasteiger charge is 2.18. The molecular formula is C21H22F2N2O4. The number of halogens is 2. The summed E-state index contributed by atoms with van der Waals surface area (Å²) in [5.74, 6) is -1.81. The lowest BCUT2D eigenvalue weighted by Crippen LogP contribution is -2.27. The quantitative estimate of drug-likeness (QED) is 0.690. The second-order valence-corrected chi connectivity index (χ2v) is 7.00. The van der Waals surface area contributed by atoms with E-state index in [1.165, 1.54) is 25.3 Å². The number of ether oxygens (including phenoxy) is 2. The Balaban J connectivity index is 2.20. The number of benzene rings is 2. The van der Waals surface area contributed by atoms with Crippen molar-refractivity contribution >= 4 is 29.5 Å². The van der Waals surface area contributed by atoms with Gasteiger partial charge in [-0.3, -0.25) is 10.1 Å². The van der Waals surface area contributed by atoms with Gasteiger partial charge in [-0.05, 0) is 51.1 Å². The molecule has 6 nitrogen and oxygen atoms in total. The van der Waals surface area contributed by atoms with Crippen LogP contribution in [0.4, 0.5) is 25.0 Å². The molecule has 0 bridgehead atoms. The Bertz CT molecular complexity index is 917. The second kappa shape index (κ2) is 9.18. The molecule has 0 aliphatic rings. The molecule has 0 unspecified atom stereocenters. The Kier molecular flexibility index (Phi) is 6.93. The van der Waals surface area contributed by atoms with Gasteiger partial charge in [0.25, 0.3) is 0 Å². The van der Waals surface area contributed by atoms with E-state index in [0.29, 0.717) is 5.75 Å². The Labute approximate surface area is 167 Å². The number of amides is 2. The fourth-order valence-corrected chi connectivity index (χ4v) is 2.28. The lowest BCUT2D eigenvalue weighted by atomic mass is 10.2. The van der Waals surface area contributed by atoms with Crippen LogP contribution in [0, 0.1) is 11.6 Å². The Hall–Kier alpha value is -3.42. The van der Waals surface area contributed by atoms with Crippen LogP contribution in [0.5, 0.6) is 5.75 Å². The third-order valence-electron chi connectivity index (χ3n) is 3.52. The third-order valence-corrected chi connectivity index (χ3v) is 3.52. The lowest BCUT2D eigenvalue weighted by Gasteiger charge is -2.20. The number of hydrogen-bond donors (Lipinski definition) is 2. The molecular weight excluding hydrogens is 382 g/mol. The zero-order valence-corrected chi connectivity index (χ0v) is 16.5. The molecule has 0 radical (unpaired) electrons. The van der Waals surface area contributed by atoms with Crippen molar-refractivity contribution in [1.29, 1.82) is 0 Å². The average molecular weight is 404 g/mol. The average Bonchev–Trinajstić information content (AvgIpc) is 2.61. The molecule has 29 heavy (non-hydrogen) atoms. The van der Waals surface area contributed by atoms with E-state index in [-0.39, 0.29) is 16.9 Å². The molecule has 8 heteroatoms. The van der Waals surface area contributed by atoms with Gasteiger partial charge in [0.15, 0.2) is 0 Å². The van der Waals surface area contributed by atoms with E-state index in [1.54, 1.807) is 26.8 Å². The predicted molar refractivity (Wildman–Crippen MR) is 107 cm³/mol. The zero-order chi connectivity index (χ0) is 21.6. The summed E-state index contributed by atoms with van der Waals surface area (Å²) in [4.78, 5) is 24.3. The van der Waals surface area contributed by atoms with Gasteiger partial charge in [0, 0.05) is 17.7 Å². The van der Waals surface area contributed by atoms with Crippen LogP contribution >= 0.6 is 0 Å². The highest BCUT2D eigenvalue weighted by atomic mass is 19.1. The molecule has 2 rings (SSSR count). The molecule has 0 saturated carbocycles. The van der Waals surface area contributed by atoms with Crippen molar-refractivity contribution in [3.05, 3.63) is 59.7 Å². The summed E-state index contributed by atoms with van der Waals surface area (Å²) in [6.07, 6.45) is 1.31. The van der Waals surface area contributed by atoms with Crippen LogP contribution in [-0.2, 0) is 9.53 Å². The van der Waals surface area contributed by atoms with E-state index in [4.69, 9.17) is 9.47 Å². The number of nitrogens with one attached hydrogen (secondary N) is 2. The number of anilines is 2. The van der Waals surface area contributed by atoms with Crippen LogP contribution in [0.15, 0.2) is 42.5 Å². The van der Waals surface area contributed by atoms with E-state index >= 15 is 0 Å². The number of hydrogen-bond acceptors (Lipinski definition) is 4. The molecule has 0 aromatic heterocycles. The van der Waals surface area contributed by atoms with Gasteiger partial charge in [0.1, 0.15) is 23.0 Å². The van der Waals surface area contributed by atoms with E-state index in [9.17, 15) is 18.4 Å². The maximum absolute atomic E-state index is 13.7. The normalized spacial score (nSPS) is 11.2. The Morgan fingerprint density at radius 1 is 1.00 bits per heavy atom. The van der Waals surface area contributed by atoms with Crippen molar-refractivity contribution in [2.24, 2.45) is 0 Å².